The fourth-order valence-corrected chi connectivity index (χ4v) is 2.16. The van der Waals surface area contributed by atoms with Crippen molar-refractivity contribution in [2.75, 3.05) is 6.61 Å². The van der Waals surface area contributed by atoms with Crippen molar-refractivity contribution in [1.82, 2.24) is 0 Å². The SMILES string of the molecule is CCCCCC/C=C\COC(=O)CCCCCCCC(=O)O. The van der Waals surface area contributed by atoms with Crippen LogP contribution in [0.2, 0.25) is 0 Å². The molecule has 22 heavy (non-hydrogen) atoms. The number of carbonyl (C=O) groups excluding carboxylic acids is 1. The summed E-state index contributed by atoms with van der Waals surface area (Å²) >= 11 is 0. The fraction of sp³-hybridized carbons (Fsp3) is 0.778. The number of esters is 1. The van der Waals surface area contributed by atoms with Crippen molar-refractivity contribution in [1.29, 1.82) is 0 Å². The summed E-state index contributed by atoms with van der Waals surface area (Å²) < 4.78 is 5.13. The second-order valence-corrected chi connectivity index (χ2v) is 5.67. The van der Waals surface area contributed by atoms with Gasteiger partial charge in [0.05, 0.1) is 0 Å². The van der Waals surface area contributed by atoms with Crippen LogP contribution < -0.4 is 0 Å². The van der Waals surface area contributed by atoms with Crippen molar-refractivity contribution in [2.45, 2.75) is 84.0 Å². The summed E-state index contributed by atoms with van der Waals surface area (Å²) in [5.74, 6) is -0.872. The Balaban J connectivity index is 3.29. The first-order valence-corrected chi connectivity index (χ1v) is 8.69. The summed E-state index contributed by atoms with van der Waals surface area (Å²) in [5.41, 5.74) is 0. The first-order valence-electron chi connectivity index (χ1n) is 8.69. The third-order valence-electron chi connectivity index (χ3n) is 3.50. The van der Waals surface area contributed by atoms with Gasteiger partial charge in [0.15, 0.2) is 0 Å². The Morgan fingerprint density at radius 1 is 0.864 bits per heavy atom. The van der Waals surface area contributed by atoms with Gasteiger partial charge in [-0.15, -0.1) is 0 Å². The number of rotatable bonds is 15. The number of aliphatic carboxylic acids is 1. The van der Waals surface area contributed by atoms with Gasteiger partial charge >= 0.3 is 11.9 Å². The van der Waals surface area contributed by atoms with Gasteiger partial charge in [0.1, 0.15) is 6.61 Å². The Morgan fingerprint density at radius 3 is 2.18 bits per heavy atom. The van der Waals surface area contributed by atoms with Gasteiger partial charge in [-0.1, -0.05) is 57.6 Å². The van der Waals surface area contributed by atoms with E-state index in [2.05, 4.69) is 13.0 Å². The van der Waals surface area contributed by atoms with Crippen LogP contribution in [0.1, 0.15) is 84.0 Å². The third kappa shape index (κ3) is 16.7. The zero-order valence-corrected chi connectivity index (χ0v) is 14.0. The van der Waals surface area contributed by atoms with Crippen LogP contribution in [-0.4, -0.2) is 23.7 Å². The number of hydrogen-bond acceptors (Lipinski definition) is 3. The maximum absolute atomic E-state index is 11.5. The molecule has 0 aromatic carbocycles. The molecule has 128 valence electrons. The van der Waals surface area contributed by atoms with Gasteiger partial charge in [-0.05, 0) is 25.7 Å². The summed E-state index contributed by atoms with van der Waals surface area (Å²) in [6.45, 7) is 2.58. The molecule has 0 aromatic rings. The molecular weight excluding hydrogens is 280 g/mol. The van der Waals surface area contributed by atoms with Crippen LogP contribution in [0.3, 0.4) is 0 Å². The minimum atomic E-state index is -0.734. The molecule has 0 fully saturated rings. The van der Waals surface area contributed by atoms with E-state index >= 15 is 0 Å². The quantitative estimate of drug-likeness (QED) is 0.266. The lowest BCUT2D eigenvalue weighted by atomic mass is 10.1. The molecule has 0 saturated carbocycles. The lowest BCUT2D eigenvalue weighted by molar-refractivity contribution is -0.142. The Morgan fingerprint density at radius 2 is 1.50 bits per heavy atom. The maximum atomic E-state index is 11.5. The van der Waals surface area contributed by atoms with Crippen LogP contribution in [-0.2, 0) is 14.3 Å². The molecule has 0 radical (unpaired) electrons. The maximum Gasteiger partial charge on any atom is 0.306 e. The van der Waals surface area contributed by atoms with E-state index in [0.717, 1.165) is 38.5 Å². The molecule has 0 aliphatic heterocycles. The number of unbranched alkanes of at least 4 members (excludes halogenated alkanes) is 8. The van der Waals surface area contributed by atoms with E-state index in [1.807, 2.05) is 6.08 Å². The zero-order chi connectivity index (χ0) is 16.5. The largest absolute Gasteiger partial charge is 0.481 e. The number of hydrogen-bond donors (Lipinski definition) is 1. The summed E-state index contributed by atoms with van der Waals surface area (Å²) in [7, 11) is 0. The van der Waals surface area contributed by atoms with Crippen molar-refractivity contribution >= 4 is 11.9 Å². The van der Waals surface area contributed by atoms with Crippen molar-refractivity contribution in [3.8, 4) is 0 Å². The van der Waals surface area contributed by atoms with Crippen molar-refractivity contribution < 1.29 is 19.4 Å². The topological polar surface area (TPSA) is 63.6 Å². The lowest BCUT2D eigenvalue weighted by Crippen LogP contribution is -2.04. The van der Waals surface area contributed by atoms with E-state index in [-0.39, 0.29) is 12.4 Å². The Labute approximate surface area is 134 Å². The first kappa shape index (κ1) is 20.7. The molecule has 0 rings (SSSR count). The number of ether oxygens (including phenoxy) is 1. The zero-order valence-electron chi connectivity index (χ0n) is 14.0. The average molecular weight is 312 g/mol. The molecule has 0 amide bonds. The van der Waals surface area contributed by atoms with E-state index in [4.69, 9.17) is 9.84 Å². The molecule has 0 aliphatic rings. The number of carboxylic acid groups (broad SMARTS) is 1. The first-order chi connectivity index (χ1) is 10.7. The highest BCUT2D eigenvalue weighted by atomic mass is 16.5. The average Bonchev–Trinajstić information content (AvgIpc) is 2.48. The second kappa shape index (κ2) is 16.1. The summed E-state index contributed by atoms with van der Waals surface area (Å²) in [4.78, 5) is 21.8. The van der Waals surface area contributed by atoms with Gasteiger partial charge in [-0.2, -0.15) is 0 Å². The monoisotopic (exact) mass is 312 g/mol. The standard InChI is InChI=1S/C18H32O4/c1-2-3-4-5-6-10-13-16-22-18(21)15-12-9-7-8-11-14-17(19)20/h10,13H,2-9,11-12,14-16H2,1H3,(H,19,20)/b13-10-. The Hall–Kier alpha value is -1.32. The lowest BCUT2D eigenvalue weighted by Gasteiger charge is -2.02. The van der Waals surface area contributed by atoms with E-state index < -0.39 is 5.97 Å². The molecule has 4 heteroatoms. The molecule has 0 atom stereocenters. The number of allylic oxidation sites excluding steroid dienone is 1. The van der Waals surface area contributed by atoms with Gasteiger partial charge < -0.3 is 9.84 Å². The van der Waals surface area contributed by atoms with Gasteiger partial charge in [-0.25, -0.2) is 0 Å². The summed E-state index contributed by atoms with van der Waals surface area (Å²) in [6.07, 6.45) is 15.2. The second-order valence-electron chi connectivity index (χ2n) is 5.67. The van der Waals surface area contributed by atoms with Crippen LogP contribution in [0.5, 0.6) is 0 Å². The van der Waals surface area contributed by atoms with Crippen molar-refractivity contribution in [3.63, 3.8) is 0 Å². The number of carbonyl (C=O) groups is 2. The molecule has 0 saturated heterocycles. The Bertz CT molecular complexity index is 310. The highest BCUT2D eigenvalue weighted by Gasteiger charge is 2.01. The van der Waals surface area contributed by atoms with E-state index in [1.165, 1.54) is 25.7 Å². The summed E-state index contributed by atoms with van der Waals surface area (Å²) in [6, 6.07) is 0. The van der Waals surface area contributed by atoms with Crippen LogP contribution in [0.15, 0.2) is 12.2 Å². The summed E-state index contributed by atoms with van der Waals surface area (Å²) in [5, 5.41) is 8.50. The molecule has 0 heterocycles. The highest BCUT2D eigenvalue weighted by molar-refractivity contribution is 5.69. The van der Waals surface area contributed by atoms with E-state index in [0.29, 0.717) is 13.0 Å². The van der Waals surface area contributed by atoms with Crippen LogP contribution in [0.25, 0.3) is 0 Å². The van der Waals surface area contributed by atoms with Gasteiger partial charge in [-0.3, -0.25) is 9.59 Å². The van der Waals surface area contributed by atoms with E-state index in [9.17, 15) is 9.59 Å². The molecule has 4 nitrogen and oxygen atoms in total. The predicted octanol–water partition coefficient (Wildman–Crippen LogP) is 4.87. The highest BCUT2D eigenvalue weighted by Crippen LogP contribution is 2.08. The molecule has 0 unspecified atom stereocenters. The van der Waals surface area contributed by atoms with Crippen LogP contribution in [0.4, 0.5) is 0 Å². The van der Waals surface area contributed by atoms with Gasteiger partial charge in [0.25, 0.3) is 0 Å². The molecule has 0 bridgehead atoms. The van der Waals surface area contributed by atoms with Gasteiger partial charge in [0, 0.05) is 12.8 Å². The van der Waals surface area contributed by atoms with Gasteiger partial charge in [0.2, 0.25) is 0 Å². The normalized spacial score (nSPS) is 11.0. The molecular formula is C18H32O4. The predicted molar refractivity (Wildman–Crippen MR) is 88.8 cm³/mol. The van der Waals surface area contributed by atoms with Crippen LogP contribution in [0, 0.1) is 0 Å². The Kier molecular flexibility index (Phi) is 15.1. The molecule has 0 spiro atoms. The molecule has 1 N–H and O–H groups in total. The van der Waals surface area contributed by atoms with Crippen molar-refractivity contribution in [2.24, 2.45) is 0 Å². The fourth-order valence-electron chi connectivity index (χ4n) is 2.16. The van der Waals surface area contributed by atoms with Crippen LogP contribution >= 0.6 is 0 Å². The van der Waals surface area contributed by atoms with E-state index in [1.54, 1.807) is 0 Å². The third-order valence-corrected chi connectivity index (χ3v) is 3.50. The minimum absolute atomic E-state index is 0.138. The minimum Gasteiger partial charge on any atom is -0.481 e. The molecule has 0 aliphatic carbocycles. The number of carboxylic acids is 1. The molecule has 0 aromatic heterocycles. The smallest absolute Gasteiger partial charge is 0.306 e. The van der Waals surface area contributed by atoms with Crippen molar-refractivity contribution in [3.05, 3.63) is 12.2 Å².